The zero-order valence-electron chi connectivity index (χ0n) is 21.1. The van der Waals surface area contributed by atoms with Crippen LogP contribution in [-0.4, -0.2) is 34.9 Å². The van der Waals surface area contributed by atoms with Crippen molar-refractivity contribution < 1.29 is 19.1 Å². The molecule has 2 aromatic carbocycles. The second-order valence-corrected chi connectivity index (χ2v) is 10.0. The van der Waals surface area contributed by atoms with Crippen LogP contribution in [0.5, 0.6) is 0 Å². The van der Waals surface area contributed by atoms with E-state index < -0.39 is 24.0 Å². The molecule has 0 bridgehead atoms. The van der Waals surface area contributed by atoms with Gasteiger partial charge in [-0.1, -0.05) is 68.4 Å². The van der Waals surface area contributed by atoms with Crippen LogP contribution in [0.1, 0.15) is 48.6 Å². The number of ether oxygens (including phenoxy) is 1. The molecule has 1 aromatic heterocycles. The number of nitrogens with zero attached hydrogens (tertiary/aromatic N) is 2. The summed E-state index contributed by atoms with van der Waals surface area (Å²) >= 11 is 0. The number of amides is 2. The number of anilines is 1. The monoisotopic (exact) mass is 497 g/mol. The van der Waals surface area contributed by atoms with Crippen LogP contribution in [0.3, 0.4) is 0 Å². The van der Waals surface area contributed by atoms with E-state index in [0.717, 1.165) is 22.4 Å². The van der Waals surface area contributed by atoms with Crippen molar-refractivity contribution in [3.8, 4) is 0 Å². The summed E-state index contributed by atoms with van der Waals surface area (Å²) < 4.78 is 5.64. The second-order valence-electron chi connectivity index (χ2n) is 10.0. The molecule has 2 aliphatic rings. The molecule has 0 saturated heterocycles. The van der Waals surface area contributed by atoms with Crippen molar-refractivity contribution in [2.45, 2.75) is 57.7 Å². The first-order valence-electron chi connectivity index (χ1n) is 12.8. The molecule has 5 rings (SSSR count). The molecule has 3 heterocycles. The summed E-state index contributed by atoms with van der Waals surface area (Å²) in [5.74, 6) is -1.45. The number of carbonyl (C=O) groups is 3. The van der Waals surface area contributed by atoms with Crippen LogP contribution in [0, 0.1) is 5.92 Å². The van der Waals surface area contributed by atoms with Gasteiger partial charge >= 0.3 is 5.97 Å². The van der Waals surface area contributed by atoms with Crippen LogP contribution in [0.4, 0.5) is 5.69 Å². The van der Waals surface area contributed by atoms with Crippen molar-refractivity contribution >= 4 is 23.5 Å². The minimum Gasteiger partial charge on any atom is -0.459 e. The normalized spacial score (nSPS) is 19.2. The number of aryl methyl sites for hydroxylation is 1. The lowest BCUT2D eigenvalue weighted by molar-refractivity contribution is -0.147. The Morgan fingerprint density at radius 2 is 1.78 bits per heavy atom. The molecular weight excluding hydrogens is 466 g/mol. The standard InChI is InChI=1S/C30H31N3O4/c1-19(2)26(23-13-6-7-16-31-23)28(34)32-24-15-14-21-11-8-12-22-17-25(33(27(21)22)29(24)35)30(36)37-18-20-9-4-3-5-10-20/h3-13,16,19,24-26H,14-15,17-18H2,1-2H3,(H,32,34)/t24-,25-,26+/m0/s1. The van der Waals surface area contributed by atoms with E-state index in [1.807, 2.05) is 80.6 Å². The van der Waals surface area contributed by atoms with Crippen molar-refractivity contribution in [2.75, 3.05) is 4.90 Å². The zero-order valence-corrected chi connectivity index (χ0v) is 21.1. The Morgan fingerprint density at radius 1 is 1.03 bits per heavy atom. The number of pyridine rings is 1. The minimum atomic E-state index is -0.762. The molecule has 3 atom stereocenters. The highest BCUT2D eigenvalue weighted by molar-refractivity contribution is 6.07. The number of aromatic nitrogens is 1. The van der Waals surface area contributed by atoms with E-state index in [1.165, 1.54) is 0 Å². The average Bonchev–Trinajstić information content (AvgIpc) is 3.24. The molecule has 2 amide bonds. The molecule has 0 spiro atoms. The molecule has 0 unspecified atom stereocenters. The number of esters is 1. The van der Waals surface area contributed by atoms with Gasteiger partial charge in [-0.25, -0.2) is 4.79 Å². The Hall–Kier alpha value is -4.00. The molecular formula is C30H31N3O4. The lowest BCUT2D eigenvalue weighted by Gasteiger charge is -2.28. The third-order valence-electron chi connectivity index (χ3n) is 7.17. The topological polar surface area (TPSA) is 88.6 Å². The van der Waals surface area contributed by atoms with E-state index in [4.69, 9.17) is 4.74 Å². The van der Waals surface area contributed by atoms with E-state index in [1.54, 1.807) is 11.1 Å². The molecule has 3 aromatic rings. The van der Waals surface area contributed by atoms with Gasteiger partial charge in [0.15, 0.2) is 0 Å². The highest BCUT2D eigenvalue weighted by atomic mass is 16.5. The fourth-order valence-corrected chi connectivity index (χ4v) is 5.38. The fourth-order valence-electron chi connectivity index (χ4n) is 5.38. The van der Waals surface area contributed by atoms with Crippen molar-refractivity contribution in [1.82, 2.24) is 10.3 Å². The highest BCUT2D eigenvalue weighted by Gasteiger charge is 2.45. The Kier molecular flexibility index (Phi) is 7.04. The van der Waals surface area contributed by atoms with Gasteiger partial charge in [0.25, 0.3) is 0 Å². The van der Waals surface area contributed by atoms with Crippen LogP contribution in [0.15, 0.2) is 72.9 Å². The fraction of sp³-hybridized carbons (Fsp3) is 0.333. The average molecular weight is 498 g/mol. The molecule has 0 saturated carbocycles. The lowest BCUT2D eigenvalue weighted by Crippen LogP contribution is -2.53. The van der Waals surface area contributed by atoms with Gasteiger partial charge in [0.1, 0.15) is 18.7 Å². The summed E-state index contributed by atoms with van der Waals surface area (Å²) in [5.41, 5.74) is 4.30. The van der Waals surface area contributed by atoms with Gasteiger partial charge in [-0.15, -0.1) is 0 Å². The smallest absolute Gasteiger partial charge is 0.329 e. The van der Waals surface area contributed by atoms with E-state index in [-0.39, 0.29) is 24.3 Å². The Labute approximate surface area is 216 Å². The summed E-state index contributed by atoms with van der Waals surface area (Å²) in [6.07, 6.45) is 3.14. The number of benzene rings is 2. The summed E-state index contributed by atoms with van der Waals surface area (Å²) in [7, 11) is 0. The van der Waals surface area contributed by atoms with Crippen LogP contribution in [0.25, 0.3) is 0 Å². The van der Waals surface area contributed by atoms with E-state index >= 15 is 0 Å². The Bertz CT molecular complexity index is 1290. The van der Waals surface area contributed by atoms with Gasteiger partial charge in [-0.2, -0.15) is 0 Å². The summed E-state index contributed by atoms with van der Waals surface area (Å²) in [4.78, 5) is 46.6. The van der Waals surface area contributed by atoms with Gasteiger partial charge in [-0.3, -0.25) is 19.5 Å². The molecule has 0 aliphatic carbocycles. The first kappa shape index (κ1) is 24.7. The quantitative estimate of drug-likeness (QED) is 0.500. The SMILES string of the molecule is CC(C)[C@@H](C(=O)N[C@H]1CCc2cccc3c2N(C1=O)[C@H](C(=O)OCc1ccccc1)C3)c1ccccn1. The molecule has 7 heteroatoms. The van der Waals surface area contributed by atoms with Crippen molar-refractivity contribution in [1.29, 1.82) is 0 Å². The zero-order chi connectivity index (χ0) is 25.9. The molecule has 2 aliphatic heterocycles. The maximum atomic E-state index is 13.9. The van der Waals surface area contributed by atoms with E-state index in [2.05, 4.69) is 10.3 Å². The van der Waals surface area contributed by atoms with Gasteiger partial charge < -0.3 is 10.1 Å². The summed E-state index contributed by atoms with van der Waals surface area (Å²) in [6.45, 7) is 4.08. The number of hydrogen-bond acceptors (Lipinski definition) is 5. The number of rotatable bonds is 7. The molecule has 190 valence electrons. The second kappa shape index (κ2) is 10.5. The predicted molar refractivity (Wildman–Crippen MR) is 140 cm³/mol. The largest absolute Gasteiger partial charge is 0.459 e. The highest BCUT2D eigenvalue weighted by Crippen LogP contribution is 2.39. The van der Waals surface area contributed by atoms with E-state index in [9.17, 15) is 14.4 Å². The van der Waals surface area contributed by atoms with Crippen LogP contribution >= 0.6 is 0 Å². The van der Waals surface area contributed by atoms with Crippen molar-refractivity contribution in [3.63, 3.8) is 0 Å². The molecule has 0 fully saturated rings. The maximum absolute atomic E-state index is 13.9. The van der Waals surface area contributed by atoms with Gasteiger partial charge in [-0.05, 0) is 47.6 Å². The molecule has 37 heavy (non-hydrogen) atoms. The Morgan fingerprint density at radius 3 is 2.51 bits per heavy atom. The first-order chi connectivity index (χ1) is 17.9. The number of carbonyl (C=O) groups excluding carboxylic acids is 3. The molecule has 0 radical (unpaired) electrons. The molecule has 7 nitrogen and oxygen atoms in total. The van der Waals surface area contributed by atoms with E-state index in [0.29, 0.717) is 25.0 Å². The van der Waals surface area contributed by atoms with Crippen molar-refractivity contribution in [3.05, 3.63) is 95.3 Å². The predicted octanol–water partition coefficient (Wildman–Crippen LogP) is 3.95. The maximum Gasteiger partial charge on any atom is 0.329 e. The number of para-hydroxylation sites is 1. The van der Waals surface area contributed by atoms with Crippen molar-refractivity contribution in [2.24, 2.45) is 5.92 Å². The van der Waals surface area contributed by atoms with Crippen LogP contribution in [-0.2, 0) is 38.6 Å². The Balaban J connectivity index is 1.38. The third kappa shape index (κ3) is 4.99. The number of nitrogens with one attached hydrogen (secondary N) is 1. The van der Waals surface area contributed by atoms with Gasteiger partial charge in [0, 0.05) is 12.6 Å². The summed E-state index contributed by atoms with van der Waals surface area (Å²) in [5, 5.41) is 3.01. The minimum absolute atomic E-state index is 0.00733. The molecule has 1 N–H and O–H groups in total. The first-order valence-corrected chi connectivity index (χ1v) is 12.8. The number of hydrogen-bond donors (Lipinski definition) is 1. The van der Waals surface area contributed by atoms with Gasteiger partial charge in [0.05, 0.1) is 17.3 Å². The van der Waals surface area contributed by atoms with Crippen LogP contribution in [0.2, 0.25) is 0 Å². The van der Waals surface area contributed by atoms with Gasteiger partial charge in [0.2, 0.25) is 11.8 Å². The third-order valence-corrected chi connectivity index (χ3v) is 7.17. The summed E-state index contributed by atoms with van der Waals surface area (Å²) in [6, 6.07) is 19.4. The van der Waals surface area contributed by atoms with Crippen LogP contribution < -0.4 is 10.2 Å². The lowest BCUT2D eigenvalue weighted by atomic mass is 9.90.